The number of hydrogen-bond acceptors (Lipinski definition) is 3. The first kappa shape index (κ1) is 11.7. The lowest BCUT2D eigenvalue weighted by Gasteiger charge is -2.17. The molecule has 1 rings (SSSR count). The van der Waals surface area contributed by atoms with Gasteiger partial charge in [-0.25, -0.2) is 0 Å². The predicted molar refractivity (Wildman–Crippen MR) is 57.9 cm³/mol. The lowest BCUT2D eigenvalue weighted by molar-refractivity contribution is 0.116. The van der Waals surface area contributed by atoms with Crippen LogP contribution in [0.3, 0.4) is 0 Å². The Morgan fingerprint density at radius 3 is 2.07 bits per heavy atom. The van der Waals surface area contributed by atoms with Gasteiger partial charge in [-0.2, -0.15) is 0 Å². The molecule has 0 radical (unpaired) electrons. The Hall–Kier alpha value is -1.37. The fourth-order valence-corrected chi connectivity index (χ4v) is 1.02. The Kier molecular flexibility index (Phi) is 3.13. The zero-order chi connectivity index (χ0) is 11.5. The van der Waals surface area contributed by atoms with Gasteiger partial charge in [0, 0.05) is 12.4 Å². The molecule has 1 atom stereocenters. The van der Waals surface area contributed by atoms with Gasteiger partial charge in [0.25, 0.3) is 0 Å². The average Bonchev–Trinajstić information content (AvgIpc) is 2.16. The van der Waals surface area contributed by atoms with E-state index in [1.54, 1.807) is 45.3 Å². The van der Waals surface area contributed by atoms with Crippen molar-refractivity contribution in [3.05, 3.63) is 30.1 Å². The van der Waals surface area contributed by atoms with Crippen LogP contribution in [-0.4, -0.2) is 20.8 Å². The zero-order valence-corrected chi connectivity index (χ0v) is 9.15. The Labute approximate surface area is 89.8 Å². The molecule has 0 aromatic carbocycles. The first-order valence-electron chi connectivity index (χ1n) is 4.71. The second kappa shape index (κ2) is 4.01. The van der Waals surface area contributed by atoms with Crippen molar-refractivity contribution < 1.29 is 10.2 Å². The molecule has 0 aliphatic carbocycles. The fourth-order valence-electron chi connectivity index (χ4n) is 1.02. The van der Waals surface area contributed by atoms with Gasteiger partial charge < -0.3 is 10.2 Å². The molecule has 0 unspecified atom stereocenters. The summed E-state index contributed by atoms with van der Waals surface area (Å²) in [4.78, 5) is 3.86. The fraction of sp³-hybridized carbons (Fsp3) is 0.417. The maximum Gasteiger partial charge on any atom is 0.148 e. The monoisotopic (exact) mass is 205 g/mol. The summed E-state index contributed by atoms with van der Waals surface area (Å²) in [5.74, 6) is 5.24. The molecular formula is C12H15NO2. The molecule has 3 heteroatoms. The van der Waals surface area contributed by atoms with E-state index in [1.807, 2.05) is 0 Å². The number of aromatic nitrogens is 1. The van der Waals surface area contributed by atoms with E-state index in [0.29, 0.717) is 5.56 Å². The molecule has 1 aromatic rings. The van der Waals surface area contributed by atoms with Gasteiger partial charge in [-0.1, -0.05) is 11.8 Å². The first-order valence-corrected chi connectivity index (χ1v) is 4.71. The van der Waals surface area contributed by atoms with Crippen molar-refractivity contribution in [1.29, 1.82) is 0 Å². The van der Waals surface area contributed by atoms with E-state index < -0.39 is 11.2 Å². The maximum atomic E-state index is 10.0. The van der Waals surface area contributed by atoms with Gasteiger partial charge in [-0.3, -0.25) is 4.98 Å². The lowest BCUT2D eigenvalue weighted by atomic mass is 9.96. The van der Waals surface area contributed by atoms with Crippen molar-refractivity contribution in [3.8, 4) is 11.8 Å². The minimum Gasteiger partial charge on any atom is -0.378 e. The third-order valence-electron chi connectivity index (χ3n) is 1.85. The van der Waals surface area contributed by atoms with Crippen molar-refractivity contribution in [1.82, 2.24) is 4.98 Å². The van der Waals surface area contributed by atoms with Crippen LogP contribution >= 0.6 is 0 Å². The van der Waals surface area contributed by atoms with Crippen LogP contribution in [-0.2, 0) is 5.60 Å². The van der Waals surface area contributed by atoms with Crippen LogP contribution in [0.1, 0.15) is 26.3 Å². The van der Waals surface area contributed by atoms with E-state index >= 15 is 0 Å². The highest BCUT2D eigenvalue weighted by Gasteiger charge is 2.20. The van der Waals surface area contributed by atoms with E-state index in [4.69, 9.17) is 0 Å². The molecule has 0 spiro atoms. The summed E-state index contributed by atoms with van der Waals surface area (Å²) in [5, 5.41) is 19.5. The van der Waals surface area contributed by atoms with Crippen LogP contribution in [0.15, 0.2) is 24.5 Å². The molecule has 0 fully saturated rings. The molecule has 0 saturated carbocycles. The van der Waals surface area contributed by atoms with E-state index in [0.717, 1.165) is 0 Å². The number of aliphatic hydroxyl groups is 2. The van der Waals surface area contributed by atoms with Gasteiger partial charge in [-0.15, -0.1) is 0 Å². The van der Waals surface area contributed by atoms with Gasteiger partial charge in [0.15, 0.2) is 0 Å². The average molecular weight is 205 g/mol. The summed E-state index contributed by atoms with van der Waals surface area (Å²) in [7, 11) is 0. The first-order chi connectivity index (χ1) is 6.81. The van der Waals surface area contributed by atoms with Crippen LogP contribution in [0.4, 0.5) is 0 Å². The van der Waals surface area contributed by atoms with E-state index in [1.165, 1.54) is 0 Å². The van der Waals surface area contributed by atoms with Crippen molar-refractivity contribution in [2.24, 2.45) is 0 Å². The van der Waals surface area contributed by atoms with E-state index in [9.17, 15) is 10.2 Å². The third-order valence-corrected chi connectivity index (χ3v) is 1.85. The summed E-state index contributed by atoms with van der Waals surface area (Å²) < 4.78 is 0. The predicted octanol–water partition coefficient (Wildman–Crippen LogP) is 1.06. The molecule has 80 valence electrons. The molecule has 0 aliphatic heterocycles. The molecule has 0 amide bonds. The molecule has 2 N–H and O–H groups in total. The Bertz CT molecular complexity index is 380. The number of hydrogen-bond donors (Lipinski definition) is 2. The summed E-state index contributed by atoms with van der Waals surface area (Å²) in [6.07, 6.45) is 3.19. The lowest BCUT2D eigenvalue weighted by Crippen LogP contribution is -2.22. The van der Waals surface area contributed by atoms with Gasteiger partial charge >= 0.3 is 0 Å². The minimum atomic E-state index is -1.26. The van der Waals surface area contributed by atoms with Crippen LogP contribution in [0, 0.1) is 11.8 Å². The smallest absolute Gasteiger partial charge is 0.148 e. The number of rotatable bonds is 1. The molecule has 1 aromatic heterocycles. The van der Waals surface area contributed by atoms with Crippen molar-refractivity contribution in [3.63, 3.8) is 0 Å². The summed E-state index contributed by atoms with van der Waals surface area (Å²) >= 11 is 0. The van der Waals surface area contributed by atoms with Crippen LogP contribution in [0.5, 0.6) is 0 Å². The molecule has 0 aliphatic rings. The van der Waals surface area contributed by atoms with Crippen LogP contribution in [0.25, 0.3) is 0 Å². The summed E-state index contributed by atoms with van der Waals surface area (Å²) in [6.45, 7) is 4.73. The summed E-state index contributed by atoms with van der Waals surface area (Å²) in [6, 6.07) is 3.39. The number of nitrogens with zero attached hydrogens (tertiary/aromatic N) is 1. The van der Waals surface area contributed by atoms with E-state index in [2.05, 4.69) is 16.8 Å². The van der Waals surface area contributed by atoms with Crippen LogP contribution in [0.2, 0.25) is 0 Å². The molecule has 3 nitrogen and oxygen atoms in total. The van der Waals surface area contributed by atoms with Crippen molar-refractivity contribution >= 4 is 0 Å². The van der Waals surface area contributed by atoms with Gasteiger partial charge in [0.2, 0.25) is 0 Å². The zero-order valence-electron chi connectivity index (χ0n) is 9.15. The second-order valence-corrected chi connectivity index (χ2v) is 4.12. The number of pyridine rings is 1. The summed E-state index contributed by atoms with van der Waals surface area (Å²) in [5.41, 5.74) is -1.70. The quantitative estimate of drug-likeness (QED) is 0.674. The molecular weight excluding hydrogens is 190 g/mol. The highest BCUT2D eigenvalue weighted by Crippen LogP contribution is 2.18. The van der Waals surface area contributed by atoms with Crippen molar-refractivity contribution in [2.75, 3.05) is 0 Å². The third kappa shape index (κ3) is 3.70. The van der Waals surface area contributed by atoms with Gasteiger partial charge in [0.05, 0.1) is 0 Å². The second-order valence-electron chi connectivity index (χ2n) is 4.12. The van der Waals surface area contributed by atoms with Crippen LogP contribution < -0.4 is 0 Å². The Morgan fingerprint density at radius 2 is 1.60 bits per heavy atom. The standard InChI is InChI=1S/C12H15NO2/c1-11(2,14)6-7-12(3,15)10-4-8-13-9-5-10/h4-5,8-9,14-15H,1-3H3/t12-/m0/s1. The minimum absolute atomic E-state index is 0.661. The van der Waals surface area contributed by atoms with Crippen molar-refractivity contribution in [2.45, 2.75) is 32.0 Å². The highest BCUT2D eigenvalue weighted by atomic mass is 16.3. The maximum absolute atomic E-state index is 10.0. The molecule has 15 heavy (non-hydrogen) atoms. The largest absolute Gasteiger partial charge is 0.378 e. The SMILES string of the molecule is CC(C)(O)C#C[C@](C)(O)c1ccncc1. The van der Waals surface area contributed by atoms with Gasteiger partial charge in [0.1, 0.15) is 11.2 Å². The van der Waals surface area contributed by atoms with E-state index in [-0.39, 0.29) is 0 Å². The highest BCUT2D eigenvalue weighted by molar-refractivity contribution is 5.30. The molecule has 1 heterocycles. The Morgan fingerprint density at radius 1 is 1.07 bits per heavy atom. The molecule has 0 bridgehead atoms. The van der Waals surface area contributed by atoms with Gasteiger partial charge in [-0.05, 0) is 38.5 Å². The topological polar surface area (TPSA) is 53.4 Å². The normalized spacial score (nSPS) is 15.0. The molecule has 0 saturated heterocycles. The Balaban J connectivity index is 2.98.